The minimum absolute atomic E-state index is 0.630. The van der Waals surface area contributed by atoms with Crippen molar-refractivity contribution in [3.63, 3.8) is 0 Å². The number of rotatable bonds is 7. The van der Waals surface area contributed by atoms with Gasteiger partial charge in [-0.1, -0.05) is 44.2 Å². The van der Waals surface area contributed by atoms with Gasteiger partial charge in [0.2, 0.25) is 0 Å². The largest absolute Gasteiger partial charge is 0.314 e. The van der Waals surface area contributed by atoms with Gasteiger partial charge < -0.3 is 5.32 Å². The van der Waals surface area contributed by atoms with Crippen molar-refractivity contribution >= 4 is 22.9 Å². The molecule has 0 aromatic carbocycles. The molecule has 1 unspecified atom stereocenters. The molecule has 18 heavy (non-hydrogen) atoms. The first-order chi connectivity index (χ1) is 8.78. The van der Waals surface area contributed by atoms with E-state index in [4.69, 9.17) is 11.6 Å². The van der Waals surface area contributed by atoms with Crippen LogP contribution in [0, 0.1) is 5.92 Å². The van der Waals surface area contributed by atoms with E-state index in [1.807, 2.05) is 6.07 Å². The summed E-state index contributed by atoms with van der Waals surface area (Å²) < 4.78 is 0.913. The second kappa shape index (κ2) is 7.52. The maximum atomic E-state index is 6.00. The van der Waals surface area contributed by atoms with Crippen molar-refractivity contribution in [1.29, 1.82) is 0 Å². The molecule has 1 aliphatic carbocycles. The highest BCUT2D eigenvalue weighted by Gasteiger charge is 2.17. The first kappa shape index (κ1) is 14.4. The molecule has 1 aromatic rings. The third kappa shape index (κ3) is 4.56. The minimum atomic E-state index is 0.630. The molecule has 3 heteroatoms. The van der Waals surface area contributed by atoms with Gasteiger partial charge in [-0.05, 0) is 43.9 Å². The second-order valence-electron chi connectivity index (χ2n) is 5.39. The quantitative estimate of drug-likeness (QED) is 0.752. The third-order valence-electron chi connectivity index (χ3n) is 3.97. The summed E-state index contributed by atoms with van der Waals surface area (Å²) in [6.07, 6.45) is 9.68. The van der Waals surface area contributed by atoms with Gasteiger partial charge in [-0.3, -0.25) is 0 Å². The van der Waals surface area contributed by atoms with Gasteiger partial charge in [0.25, 0.3) is 0 Å². The third-order valence-corrected chi connectivity index (χ3v) is 5.22. The number of hydrogen-bond donors (Lipinski definition) is 1. The summed E-state index contributed by atoms with van der Waals surface area (Å²) in [7, 11) is 0. The van der Waals surface area contributed by atoms with Crippen LogP contribution in [0.2, 0.25) is 4.34 Å². The zero-order chi connectivity index (χ0) is 12.8. The molecule has 102 valence electrons. The molecule has 1 heterocycles. The van der Waals surface area contributed by atoms with Crippen molar-refractivity contribution in [2.45, 2.75) is 57.9 Å². The van der Waals surface area contributed by atoms with Gasteiger partial charge >= 0.3 is 0 Å². The standard InChI is InChI=1S/C15H24ClNS/c1-2-17-13(8-7-12-5-3-4-6-12)11-14-9-10-15(16)18-14/h9-10,12-13,17H,2-8,11H2,1H3. The molecule has 0 bridgehead atoms. The molecule has 0 amide bonds. The Bertz CT molecular complexity index is 344. The zero-order valence-electron chi connectivity index (χ0n) is 11.3. The zero-order valence-corrected chi connectivity index (χ0v) is 12.8. The summed E-state index contributed by atoms with van der Waals surface area (Å²) in [5.74, 6) is 0.998. The van der Waals surface area contributed by atoms with E-state index in [0.717, 1.165) is 23.2 Å². The van der Waals surface area contributed by atoms with Crippen LogP contribution in [0.25, 0.3) is 0 Å². The van der Waals surface area contributed by atoms with Gasteiger partial charge in [0.15, 0.2) is 0 Å². The molecule has 1 nitrogen and oxygen atoms in total. The van der Waals surface area contributed by atoms with Crippen molar-refractivity contribution in [3.05, 3.63) is 21.3 Å². The first-order valence-electron chi connectivity index (χ1n) is 7.25. The van der Waals surface area contributed by atoms with E-state index in [1.54, 1.807) is 11.3 Å². The Morgan fingerprint density at radius 1 is 1.39 bits per heavy atom. The molecule has 0 radical (unpaired) electrons. The summed E-state index contributed by atoms with van der Waals surface area (Å²) >= 11 is 7.73. The fraction of sp³-hybridized carbons (Fsp3) is 0.733. The summed E-state index contributed by atoms with van der Waals surface area (Å²) in [6, 6.07) is 4.82. The molecule has 1 fully saturated rings. The molecule has 0 aliphatic heterocycles. The maximum absolute atomic E-state index is 6.00. The SMILES string of the molecule is CCNC(CCC1CCCC1)Cc1ccc(Cl)s1. The lowest BCUT2D eigenvalue weighted by atomic mass is 9.97. The van der Waals surface area contributed by atoms with Crippen molar-refractivity contribution in [3.8, 4) is 0 Å². The van der Waals surface area contributed by atoms with E-state index in [0.29, 0.717) is 6.04 Å². The molecule has 2 rings (SSSR count). The average Bonchev–Trinajstić information content (AvgIpc) is 2.98. The lowest BCUT2D eigenvalue weighted by molar-refractivity contribution is 0.408. The Morgan fingerprint density at radius 3 is 2.78 bits per heavy atom. The van der Waals surface area contributed by atoms with E-state index in [-0.39, 0.29) is 0 Å². The summed E-state index contributed by atoms with van der Waals surface area (Å²) in [4.78, 5) is 1.41. The smallest absolute Gasteiger partial charge is 0.0931 e. The fourth-order valence-corrected chi connectivity index (χ4v) is 4.17. The van der Waals surface area contributed by atoms with Gasteiger partial charge in [-0.25, -0.2) is 0 Å². The number of hydrogen-bond acceptors (Lipinski definition) is 2. The highest BCUT2D eigenvalue weighted by atomic mass is 35.5. The van der Waals surface area contributed by atoms with Crippen LogP contribution in [-0.2, 0) is 6.42 Å². The van der Waals surface area contributed by atoms with Gasteiger partial charge in [0.1, 0.15) is 0 Å². The second-order valence-corrected chi connectivity index (χ2v) is 7.19. The topological polar surface area (TPSA) is 12.0 Å². The number of likely N-dealkylation sites (N-methyl/N-ethyl adjacent to an activating group) is 1. The molecular weight excluding hydrogens is 262 g/mol. The highest BCUT2D eigenvalue weighted by Crippen LogP contribution is 2.30. The Labute approximate surface area is 120 Å². The molecule has 1 aromatic heterocycles. The van der Waals surface area contributed by atoms with Crippen LogP contribution < -0.4 is 5.32 Å². The van der Waals surface area contributed by atoms with Crippen LogP contribution in [0.3, 0.4) is 0 Å². The molecule has 1 saturated carbocycles. The summed E-state index contributed by atoms with van der Waals surface area (Å²) in [5.41, 5.74) is 0. The Morgan fingerprint density at radius 2 is 2.17 bits per heavy atom. The number of nitrogens with one attached hydrogen (secondary N) is 1. The Hall–Kier alpha value is -0.0500. The Kier molecular flexibility index (Phi) is 6.00. The van der Waals surface area contributed by atoms with E-state index in [9.17, 15) is 0 Å². The number of thiophene rings is 1. The van der Waals surface area contributed by atoms with Crippen LogP contribution in [0.4, 0.5) is 0 Å². The molecular formula is C15H24ClNS. The Balaban J connectivity index is 1.79. The van der Waals surface area contributed by atoms with Crippen LogP contribution in [-0.4, -0.2) is 12.6 Å². The van der Waals surface area contributed by atoms with E-state index >= 15 is 0 Å². The lowest BCUT2D eigenvalue weighted by Gasteiger charge is -2.19. The van der Waals surface area contributed by atoms with Gasteiger partial charge in [0, 0.05) is 10.9 Å². The summed E-state index contributed by atoms with van der Waals surface area (Å²) in [6.45, 7) is 3.26. The van der Waals surface area contributed by atoms with Crippen molar-refractivity contribution in [1.82, 2.24) is 5.32 Å². The average molecular weight is 286 g/mol. The van der Waals surface area contributed by atoms with Crippen LogP contribution in [0.15, 0.2) is 12.1 Å². The predicted molar refractivity (Wildman–Crippen MR) is 81.7 cm³/mol. The van der Waals surface area contributed by atoms with E-state index in [2.05, 4.69) is 18.3 Å². The molecule has 0 saturated heterocycles. The van der Waals surface area contributed by atoms with Crippen molar-refractivity contribution in [2.24, 2.45) is 5.92 Å². The molecule has 1 N–H and O–H groups in total. The van der Waals surface area contributed by atoms with E-state index in [1.165, 1.54) is 43.4 Å². The lowest BCUT2D eigenvalue weighted by Crippen LogP contribution is -2.31. The van der Waals surface area contributed by atoms with Crippen LogP contribution in [0.5, 0.6) is 0 Å². The molecule has 0 spiro atoms. The summed E-state index contributed by atoms with van der Waals surface area (Å²) in [5, 5.41) is 3.63. The first-order valence-corrected chi connectivity index (χ1v) is 8.45. The van der Waals surface area contributed by atoms with E-state index < -0.39 is 0 Å². The molecule has 1 atom stereocenters. The molecule has 1 aliphatic rings. The van der Waals surface area contributed by atoms with Gasteiger partial charge in [0.05, 0.1) is 4.34 Å². The maximum Gasteiger partial charge on any atom is 0.0931 e. The number of halogens is 1. The highest BCUT2D eigenvalue weighted by molar-refractivity contribution is 7.16. The van der Waals surface area contributed by atoms with Crippen molar-refractivity contribution in [2.75, 3.05) is 6.54 Å². The van der Waals surface area contributed by atoms with Gasteiger partial charge in [-0.15, -0.1) is 11.3 Å². The van der Waals surface area contributed by atoms with Crippen LogP contribution in [0.1, 0.15) is 50.3 Å². The van der Waals surface area contributed by atoms with Crippen molar-refractivity contribution < 1.29 is 0 Å². The predicted octanol–water partition coefficient (Wildman–Crippen LogP) is 4.89. The normalized spacial score (nSPS) is 18.3. The van der Waals surface area contributed by atoms with Gasteiger partial charge in [-0.2, -0.15) is 0 Å². The van der Waals surface area contributed by atoms with Crippen LogP contribution >= 0.6 is 22.9 Å². The minimum Gasteiger partial charge on any atom is -0.314 e. The monoisotopic (exact) mass is 285 g/mol. The fourth-order valence-electron chi connectivity index (χ4n) is 3.01.